The molecule has 1 aliphatic rings. The minimum absolute atomic E-state index is 0.264. The van der Waals surface area contributed by atoms with Crippen LogP contribution in [-0.4, -0.2) is 50.1 Å². The molecule has 0 heterocycles. The van der Waals surface area contributed by atoms with Crippen LogP contribution >= 0.6 is 0 Å². The lowest BCUT2D eigenvalue weighted by Gasteiger charge is -2.46. The first-order valence-electron chi connectivity index (χ1n) is 6.52. The summed E-state index contributed by atoms with van der Waals surface area (Å²) in [6.45, 7) is 8.17. The van der Waals surface area contributed by atoms with Gasteiger partial charge in [-0.3, -0.25) is 4.90 Å². The number of ether oxygens (including phenoxy) is 2. The largest absolute Gasteiger partial charge is 0.354 e. The van der Waals surface area contributed by atoms with Gasteiger partial charge >= 0.3 is 0 Å². The predicted octanol–water partition coefficient (Wildman–Crippen LogP) is 1.44. The van der Waals surface area contributed by atoms with E-state index in [0.29, 0.717) is 12.6 Å². The van der Waals surface area contributed by atoms with Gasteiger partial charge in [-0.25, -0.2) is 0 Å². The van der Waals surface area contributed by atoms with Gasteiger partial charge < -0.3 is 15.2 Å². The SMILES string of the molecule is COC(OC)C(C)(CN)N(CC1CC1)C(C)C. The Morgan fingerprint density at radius 2 is 1.82 bits per heavy atom. The minimum atomic E-state index is -0.284. The van der Waals surface area contributed by atoms with Crippen LogP contribution in [0.15, 0.2) is 0 Å². The molecule has 1 fully saturated rings. The van der Waals surface area contributed by atoms with Gasteiger partial charge in [0.1, 0.15) is 0 Å². The number of methoxy groups -OCH3 is 2. The van der Waals surface area contributed by atoms with E-state index in [2.05, 4.69) is 25.7 Å². The lowest BCUT2D eigenvalue weighted by Crippen LogP contribution is -2.62. The molecule has 1 atom stereocenters. The predicted molar refractivity (Wildman–Crippen MR) is 69.8 cm³/mol. The Hall–Kier alpha value is -0.160. The Labute approximate surface area is 105 Å². The summed E-state index contributed by atoms with van der Waals surface area (Å²) in [6, 6.07) is 0.442. The van der Waals surface area contributed by atoms with Gasteiger partial charge in [-0.2, -0.15) is 0 Å². The van der Waals surface area contributed by atoms with Gasteiger partial charge in [0, 0.05) is 33.4 Å². The van der Waals surface area contributed by atoms with Crippen molar-refractivity contribution in [2.45, 2.75) is 51.5 Å². The van der Waals surface area contributed by atoms with E-state index < -0.39 is 0 Å². The highest BCUT2D eigenvalue weighted by Gasteiger charge is 2.42. The second kappa shape index (κ2) is 6.14. The highest BCUT2D eigenvalue weighted by molar-refractivity contribution is 4.95. The summed E-state index contributed by atoms with van der Waals surface area (Å²) in [5, 5.41) is 0. The van der Waals surface area contributed by atoms with Gasteiger partial charge in [-0.15, -0.1) is 0 Å². The van der Waals surface area contributed by atoms with Crippen LogP contribution in [0.5, 0.6) is 0 Å². The van der Waals surface area contributed by atoms with Crippen LogP contribution in [0.2, 0.25) is 0 Å². The van der Waals surface area contributed by atoms with Crippen molar-refractivity contribution in [1.29, 1.82) is 0 Å². The third-order valence-electron chi connectivity index (χ3n) is 3.78. The van der Waals surface area contributed by atoms with Gasteiger partial charge in [0.05, 0.1) is 5.54 Å². The van der Waals surface area contributed by atoms with Crippen molar-refractivity contribution in [3.8, 4) is 0 Å². The molecule has 17 heavy (non-hydrogen) atoms. The molecule has 0 radical (unpaired) electrons. The fraction of sp³-hybridized carbons (Fsp3) is 1.00. The second-order valence-corrected chi connectivity index (χ2v) is 5.55. The summed E-state index contributed by atoms with van der Waals surface area (Å²) in [7, 11) is 3.36. The fourth-order valence-electron chi connectivity index (χ4n) is 2.54. The third kappa shape index (κ3) is 3.41. The van der Waals surface area contributed by atoms with Crippen molar-refractivity contribution in [3.63, 3.8) is 0 Å². The van der Waals surface area contributed by atoms with E-state index in [9.17, 15) is 0 Å². The summed E-state index contributed by atoms with van der Waals surface area (Å²) in [5.41, 5.74) is 5.73. The first kappa shape index (κ1) is 14.9. The molecule has 1 rings (SSSR count). The van der Waals surface area contributed by atoms with Gasteiger partial charge in [0.15, 0.2) is 6.29 Å². The van der Waals surface area contributed by atoms with Crippen LogP contribution in [-0.2, 0) is 9.47 Å². The van der Waals surface area contributed by atoms with Crippen molar-refractivity contribution in [2.24, 2.45) is 11.7 Å². The molecule has 0 aromatic rings. The zero-order chi connectivity index (χ0) is 13.1. The van der Waals surface area contributed by atoms with Crippen LogP contribution < -0.4 is 5.73 Å². The molecule has 0 aromatic heterocycles. The number of nitrogens with zero attached hydrogens (tertiary/aromatic N) is 1. The zero-order valence-corrected chi connectivity index (χ0v) is 11.9. The van der Waals surface area contributed by atoms with E-state index in [1.54, 1.807) is 14.2 Å². The Bertz CT molecular complexity index is 227. The molecular formula is C13H28N2O2. The van der Waals surface area contributed by atoms with Crippen LogP contribution in [0, 0.1) is 5.92 Å². The van der Waals surface area contributed by atoms with Gasteiger partial charge in [0.25, 0.3) is 0 Å². The van der Waals surface area contributed by atoms with E-state index in [-0.39, 0.29) is 11.8 Å². The van der Waals surface area contributed by atoms with E-state index in [1.165, 1.54) is 12.8 Å². The van der Waals surface area contributed by atoms with Gasteiger partial charge in [-0.1, -0.05) is 0 Å². The number of rotatable bonds is 8. The molecule has 4 heteroatoms. The average molecular weight is 244 g/mol. The standard InChI is InChI=1S/C13H28N2O2/c1-10(2)15(8-11-6-7-11)13(3,9-14)12(16-4)17-5/h10-12H,6-9,14H2,1-5H3. The Morgan fingerprint density at radius 3 is 2.12 bits per heavy atom. The summed E-state index contributed by atoms with van der Waals surface area (Å²) in [5.74, 6) is 0.831. The van der Waals surface area contributed by atoms with Crippen molar-refractivity contribution in [3.05, 3.63) is 0 Å². The molecule has 0 aromatic carbocycles. The van der Waals surface area contributed by atoms with Crippen LogP contribution in [0.3, 0.4) is 0 Å². The highest BCUT2D eigenvalue weighted by atomic mass is 16.7. The summed E-state index contributed by atoms with van der Waals surface area (Å²) in [4.78, 5) is 2.43. The molecule has 1 saturated carbocycles. The molecule has 1 aliphatic carbocycles. The number of hydrogen-bond donors (Lipinski definition) is 1. The van der Waals surface area contributed by atoms with Crippen LogP contribution in [0.1, 0.15) is 33.6 Å². The molecule has 0 spiro atoms. The molecule has 0 aliphatic heterocycles. The van der Waals surface area contributed by atoms with E-state index in [1.807, 2.05) is 0 Å². The highest BCUT2D eigenvalue weighted by Crippen LogP contribution is 2.34. The number of hydrogen-bond acceptors (Lipinski definition) is 4. The fourth-order valence-corrected chi connectivity index (χ4v) is 2.54. The van der Waals surface area contributed by atoms with Crippen molar-refractivity contribution < 1.29 is 9.47 Å². The molecule has 4 nitrogen and oxygen atoms in total. The Morgan fingerprint density at radius 1 is 1.29 bits per heavy atom. The first-order chi connectivity index (χ1) is 7.99. The van der Waals surface area contributed by atoms with Gasteiger partial charge in [-0.05, 0) is 39.5 Å². The molecule has 1 unspecified atom stereocenters. The molecular weight excluding hydrogens is 216 g/mol. The summed E-state index contributed by atoms with van der Waals surface area (Å²) in [6.07, 6.45) is 2.40. The van der Waals surface area contributed by atoms with Crippen molar-refractivity contribution in [2.75, 3.05) is 27.3 Å². The lowest BCUT2D eigenvalue weighted by molar-refractivity contribution is -0.187. The maximum Gasteiger partial charge on any atom is 0.176 e. The quantitative estimate of drug-likeness (QED) is 0.656. The minimum Gasteiger partial charge on any atom is -0.354 e. The Kier molecular flexibility index (Phi) is 5.38. The average Bonchev–Trinajstić information content (AvgIpc) is 3.10. The maximum absolute atomic E-state index is 5.99. The smallest absolute Gasteiger partial charge is 0.176 e. The molecule has 0 amide bonds. The molecule has 0 bridgehead atoms. The van der Waals surface area contributed by atoms with E-state index >= 15 is 0 Å². The molecule has 2 N–H and O–H groups in total. The summed E-state index contributed by atoms with van der Waals surface area (Å²) >= 11 is 0. The second-order valence-electron chi connectivity index (χ2n) is 5.55. The van der Waals surface area contributed by atoms with Crippen LogP contribution in [0.25, 0.3) is 0 Å². The normalized spacial score (nSPS) is 20.3. The monoisotopic (exact) mass is 244 g/mol. The van der Waals surface area contributed by atoms with E-state index in [0.717, 1.165) is 12.5 Å². The van der Waals surface area contributed by atoms with E-state index in [4.69, 9.17) is 15.2 Å². The molecule has 0 saturated heterocycles. The van der Waals surface area contributed by atoms with Crippen molar-refractivity contribution >= 4 is 0 Å². The van der Waals surface area contributed by atoms with Gasteiger partial charge in [0.2, 0.25) is 0 Å². The third-order valence-corrected chi connectivity index (χ3v) is 3.78. The summed E-state index contributed by atoms with van der Waals surface area (Å²) < 4.78 is 10.9. The topological polar surface area (TPSA) is 47.7 Å². The Balaban J connectivity index is 2.83. The zero-order valence-electron chi connectivity index (χ0n) is 11.9. The first-order valence-corrected chi connectivity index (χ1v) is 6.52. The van der Waals surface area contributed by atoms with Crippen LogP contribution in [0.4, 0.5) is 0 Å². The lowest BCUT2D eigenvalue weighted by atomic mass is 9.96. The number of nitrogens with two attached hydrogens (primary N) is 1. The maximum atomic E-state index is 5.99. The van der Waals surface area contributed by atoms with Crippen molar-refractivity contribution in [1.82, 2.24) is 4.90 Å². The molecule has 102 valence electrons.